The highest BCUT2D eigenvalue weighted by atomic mass is 16.6. The first-order valence-electron chi connectivity index (χ1n) is 7.01. The molecule has 1 aliphatic carbocycles. The molecule has 0 bridgehead atoms. The Labute approximate surface area is 122 Å². The van der Waals surface area contributed by atoms with E-state index in [1.807, 2.05) is 6.20 Å². The molecule has 108 valence electrons. The van der Waals surface area contributed by atoms with Gasteiger partial charge in [0.25, 0.3) is 5.69 Å². The maximum Gasteiger partial charge on any atom is 0.269 e. The van der Waals surface area contributed by atoms with E-state index in [1.165, 1.54) is 12.1 Å². The topological polar surface area (TPSA) is 73.8 Å². The van der Waals surface area contributed by atoms with Crippen molar-refractivity contribution in [1.82, 2.24) is 15.0 Å². The lowest BCUT2D eigenvalue weighted by Gasteiger charge is -2.13. The average molecular weight is 284 g/mol. The van der Waals surface area contributed by atoms with E-state index in [0.717, 1.165) is 30.5 Å². The lowest BCUT2D eigenvalue weighted by molar-refractivity contribution is -0.384. The second-order valence-electron chi connectivity index (χ2n) is 5.25. The first kappa shape index (κ1) is 13.5. The van der Waals surface area contributed by atoms with Gasteiger partial charge in [-0.25, -0.2) is 4.68 Å². The summed E-state index contributed by atoms with van der Waals surface area (Å²) in [5, 5.41) is 19.0. The highest BCUT2D eigenvalue weighted by molar-refractivity contribution is 5.32. The molecule has 0 N–H and O–H groups in total. The molecule has 0 saturated carbocycles. The van der Waals surface area contributed by atoms with Crippen molar-refractivity contribution in [3.63, 3.8) is 0 Å². The number of nitro benzene ring substituents is 1. The number of benzene rings is 1. The fraction of sp³-hybridized carbons (Fsp3) is 0.333. The quantitative estimate of drug-likeness (QED) is 0.491. The molecule has 21 heavy (non-hydrogen) atoms. The molecule has 3 rings (SSSR count). The molecule has 0 amide bonds. The first-order chi connectivity index (χ1) is 10.2. The molecule has 2 aromatic rings. The van der Waals surface area contributed by atoms with E-state index in [2.05, 4.69) is 22.5 Å². The Morgan fingerprint density at radius 3 is 2.76 bits per heavy atom. The van der Waals surface area contributed by atoms with Gasteiger partial charge >= 0.3 is 0 Å². The van der Waals surface area contributed by atoms with Crippen LogP contribution in [0.5, 0.6) is 0 Å². The largest absolute Gasteiger partial charge is 0.269 e. The molecule has 1 aliphatic rings. The van der Waals surface area contributed by atoms with Gasteiger partial charge in [0.05, 0.1) is 17.2 Å². The predicted molar refractivity (Wildman–Crippen MR) is 78.0 cm³/mol. The van der Waals surface area contributed by atoms with E-state index >= 15 is 0 Å². The van der Waals surface area contributed by atoms with E-state index in [4.69, 9.17) is 0 Å². The number of hydrogen-bond acceptors (Lipinski definition) is 4. The number of aromatic nitrogens is 3. The van der Waals surface area contributed by atoms with Gasteiger partial charge in [0.1, 0.15) is 0 Å². The lowest BCUT2D eigenvalue weighted by Crippen LogP contribution is -2.02. The van der Waals surface area contributed by atoms with E-state index in [0.29, 0.717) is 12.5 Å². The smallest absolute Gasteiger partial charge is 0.258 e. The number of nitrogens with zero attached hydrogens (tertiary/aromatic N) is 4. The molecule has 1 aromatic carbocycles. The second-order valence-corrected chi connectivity index (χ2v) is 5.25. The molecule has 1 atom stereocenters. The third-order valence-corrected chi connectivity index (χ3v) is 3.74. The summed E-state index contributed by atoms with van der Waals surface area (Å²) in [7, 11) is 0. The minimum atomic E-state index is -0.395. The molecule has 0 fully saturated rings. The molecule has 0 radical (unpaired) electrons. The summed E-state index contributed by atoms with van der Waals surface area (Å²) in [6.45, 7) is 0.577. The molecule has 0 aliphatic heterocycles. The Hall–Kier alpha value is -2.50. The summed E-state index contributed by atoms with van der Waals surface area (Å²) in [4.78, 5) is 10.2. The molecule has 6 nitrogen and oxygen atoms in total. The number of rotatable bonds is 4. The van der Waals surface area contributed by atoms with Crippen LogP contribution in [0.3, 0.4) is 0 Å². The molecule has 1 heterocycles. The Balaban J connectivity index is 1.69. The van der Waals surface area contributed by atoms with Gasteiger partial charge in [-0.3, -0.25) is 10.1 Å². The van der Waals surface area contributed by atoms with Crippen LogP contribution in [0.15, 0.2) is 42.6 Å². The van der Waals surface area contributed by atoms with Gasteiger partial charge in [-0.15, -0.1) is 5.10 Å². The summed E-state index contributed by atoms with van der Waals surface area (Å²) in [6.07, 6.45) is 9.62. The van der Waals surface area contributed by atoms with Crippen LogP contribution in [0, 0.1) is 10.1 Å². The standard InChI is InChI=1S/C15H16N4O2/c20-19(21)14-8-6-12(7-9-14)10-18-11-15(16-17-18)13-4-2-1-3-5-13/h1-2,6-9,11,13H,3-5,10H2. The van der Waals surface area contributed by atoms with Crippen LogP contribution < -0.4 is 0 Å². The van der Waals surface area contributed by atoms with Gasteiger partial charge in [-0.1, -0.05) is 29.5 Å². The van der Waals surface area contributed by atoms with Crippen molar-refractivity contribution < 1.29 is 4.92 Å². The maximum absolute atomic E-state index is 10.6. The van der Waals surface area contributed by atoms with E-state index in [1.54, 1.807) is 16.8 Å². The Morgan fingerprint density at radius 1 is 1.29 bits per heavy atom. The zero-order chi connectivity index (χ0) is 14.7. The van der Waals surface area contributed by atoms with Gasteiger partial charge in [-0.05, 0) is 24.8 Å². The summed E-state index contributed by atoms with van der Waals surface area (Å²) >= 11 is 0. The molecular formula is C15H16N4O2. The number of allylic oxidation sites excluding steroid dienone is 2. The SMILES string of the molecule is O=[N+]([O-])c1ccc(Cn2cc(C3CC=CCC3)nn2)cc1. The fourth-order valence-electron chi connectivity index (χ4n) is 2.55. The summed E-state index contributed by atoms with van der Waals surface area (Å²) in [5.41, 5.74) is 2.11. The minimum absolute atomic E-state index is 0.104. The number of non-ortho nitro benzene ring substituents is 1. The van der Waals surface area contributed by atoms with Crippen molar-refractivity contribution in [2.24, 2.45) is 0 Å². The van der Waals surface area contributed by atoms with Crippen molar-refractivity contribution in [2.45, 2.75) is 31.7 Å². The molecular weight excluding hydrogens is 268 g/mol. The molecule has 0 spiro atoms. The molecule has 6 heteroatoms. The Morgan fingerprint density at radius 2 is 2.10 bits per heavy atom. The van der Waals surface area contributed by atoms with Gasteiger partial charge in [0.15, 0.2) is 0 Å². The third kappa shape index (κ3) is 3.16. The maximum atomic E-state index is 10.6. The van der Waals surface area contributed by atoms with Crippen molar-refractivity contribution in [3.05, 3.63) is 64.0 Å². The lowest BCUT2D eigenvalue weighted by atomic mass is 9.92. The fourth-order valence-corrected chi connectivity index (χ4v) is 2.55. The average Bonchev–Trinajstić information content (AvgIpc) is 2.97. The van der Waals surface area contributed by atoms with Gasteiger partial charge in [-0.2, -0.15) is 0 Å². The van der Waals surface area contributed by atoms with Crippen molar-refractivity contribution in [2.75, 3.05) is 0 Å². The normalized spacial score (nSPS) is 17.8. The Bertz CT molecular complexity index is 661. The number of nitro groups is 1. The van der Waals surface area contributed by atoms with E-state index in [9.17, 15) is 10.1 Å². The van der Waals surface area contributed by atoms with Crippen LogP contribution in [0.25, 0.3) is 0 Å². The minimum Gasteiger partial charge on any atom is -0.258 e. The van der Waals surface area contributed by atoms with Crippen LogP contribution >= 0.6 is 0 Å². The van der Waals surface area contributed by atoms with E-state index in [-0.39, 0.29) is 5.69 Å². The van der Waals surface area contributed by atoms with Crippen LogP contribution in [-0.2, 0) is 6.54 Å². The highest BCUT2D eigenvalue weighted by Crippen LogP contribution is 2.27. The summed E-state index contributed by atoms with van der Waals surface area (Å²) in [5.74, 6) is 0.459. The monoisotopic (exact) mass is 284 g/mol. The second kappa shape index (κ2) is 5.87. The zero-order valence-electron chi connectivity index (χ0n) is 11.6. The molecule has 1 aromatic heterocycles. The van der Waals surface area contributed by atoms with Crippen LogP contribution in [-0.4, -0.2) is 19.9 Å². The Kier molecular flexibility index (Phi) is 3.77. The van der Waals surface area contributed by atoms with Gasteiger partial charge < -0.3 is 0 Å². The van der Waals surface area contributed by atoms with Crippen LogP contribution in [0.4, 0.5) is 5.69 Å². The van der Waals surface area contributed by atoms with Crippen molar-refractivity contribution >= 4 is 5.69 Å². The number of hydrogen-bond donors (Lipinski definition) is 0. The zero-order valence-corrected chi connectivity index (χ0v) is 11.6. The van der Waals surface area contributed by atoms with Gasteiger partial charge in [0.2, 0.25) is 0 Å². The third-order valence-electron chi connectivity index (χ3n) is 3.74. The van der Waals surface area contributed by atoms with Gasteiger partial charge in [0, 0.05) is 24.2 Å². The van der Waals surface area contributed by atoms with Crippen LogP contribution in [0.2, 0.25) is 0 Å². The first-order valence-corrected chi connectivity index (χ1v) is 7.01. The molecule has 0 saturated heterocycles. The van der Waals surface area contributed by atoms with Crippen molar-refractivity contribution in [3.8, 4) is 0 Å². The van der Waals surface area contributed by atoms with Crippen LogP contribution in [0.1, 0.15) is 36.4 Å². The highest BCUT2D eigenvalue weighted by Gasteiger charge is 2.16. The predicted octanol–water partition coefficient (Wildman–Crippen LogP) is 3.06. The van der Waals surface area contributed by atoms with Crippen molar-refractivity contribution in [1.29, 1.82) is 0 Å². The summed E-state index contributed by atoms with van der Waals surface area (Å²) < 4.78 is 1.79. The molecule has 1 unspecified atom stereocenters. The summed E-state index contributed by atoms with van der Waals surface area (Å²) in [6, 6.07) is 6.53. The van der Waals surface area contributed by atoms with E-state index < -0.39 is 4.92 Å².